The number of rotatable bonds is 6. The van der Waals surface area contributed by atoms with Gasteiger partial charge in [0.1, 0.15) is 0 Å². The van der Waals surface area contributed by atoms with Crippen LogP contribution in [-0.2, 0) is 11.3 Å². The summed E-state index contributed by atoms with van der Waals surface area (Å²) in [7, 11) is 0. The molecule has 0 aliphatic carbocycles. The van der Waals surface area contributed by atoms with E-state index in [9.17, 15) is 4.79 Å². The molecule has 0 radical (unpaired) electrons. The van der Waals surface area contributed by atoms with E-state index in [1.165, 1.54) is 0 Å². The van der Waals surface area contributed by atoms with Crippen LogP contribution in [0.1, 0.15) is 24.8 Å². The van der Waals surface area contributed by atoms with Gasteiger partial charge in [0.2, 0.25) is 5.91 Å². The second-order valence-corrected chi connectivity index (χ2v) is 6.40. The molecule has 2 heterocycles. The number of carbonyl (C=O) groups excluding carboxylic acids is 1. The molecule has 1 aliphatic rings. The van der Waals surface area contributed by atoms with E-state index in [4.69, 9.17) is 5.26 Å². The smallest absolute Gasteiger partial charge is 0.225 e. The summed E-state index contributed by atoms with van der Waals surface area (Å²) in [4.78, 5) is 14.4. The van der Waals surface area contributed by atoms with Crippen LogP contribution in [0.3, 0.4) is 0 Å². The Kier molecular flexibility index (Phi) is 5.75. The fourth-order valence-corrected chi connectivity index (χ4v) is 3.10. The van der Waals surface area contributed by atoms with Gasteiger partial charge in [-0.15, -0.1) is 5.10 Å². The number of hydrogen-bond acceptors (Lipinski definition) is 5. The summed E-state index contributed by atoms with van der Waals surface area (Å²) in [6.45, 7) is 3.73. The molecule has 1 saturated heterocycles. The minimum absolute atomic E-state index is 0.00875. The molecule has 1 N–H and O–H groups in total. The Labute approximate surface area is 147 Å². The highest BCUT2D eigenvalue weighted by Gasteiger charge is 2.20. The van der Waals surface area contributed by atoms with Crippen LogP contribution in [-0.4, -0.2) is 45.4 Å². The molecule has 7 nitrogen and oxygen atoms in total. The zero-order valence-corrected chi connectivity index (χ0v) is 14.1. The first-order valence-electron chi connectivity index (χ1n) is 8.59. The van der Waals surface area contributed by atoms with Crippen LogP contribution in [0, 0.1) is 17.2 Å². The maximum absolute atomic E-state index is 12.1. The Hall–Kier alpha value is -2.72. The molecule has 0 atom stereocenters. The SMILES string of the molecule is N#Cc1ccc(NC(=O)CCN2CCC(Cn3ccnn3)CC2)cc1. The summed E-state index contributed by atoms with van der Waals surface area (Å²) in [5.41, 5.74) is 1.32. The average molecular weight is 338 g/mol. The van der Waals surface area contributed by atoms with Crippen LogP contribution in [0.5, 0.6) is 0 Å². The number of nitriles is 1. The van der Waals surface area contributed by atoms with Gasteiger partial charge in [0.15, 0.2) is 0 Å². The van der Waals surface area contributed by atoms with Gasteiger partial charge in [-0.2, -0.15) is 5.26 Å². The first kappa shape index (κ1) is 17.1. The summed E-state index contributed by atoms with van der Waals surface area (Å²) < 4.78 is 1.89. The first-order valence-corrected chi connectivity index (χ1v) is 8.59. The Bertz CT molecular complexity index is 711. The van der Waals surface area contributed by atoms with Crippen molar-refractivity contribution in [2.24, 2.45) is 5.92 Å². The summed E-state index contributed by atoms with van der Waals surface area (Å²) >= 11 is 0. The number of likely N-dealkylation sites (tertiary alicyclic amines) is 1. The topological polar surface area (TPSA) is 86.8 Å². The average Bonchev–Trinajstić information content (AvgIpc) is 3.15. The van der Waals surface area contributed by atoms with Crippen molar-refractivity contribution in [2.75, 3.05) is 25.0 Å². The summed E-state index contributed by atoms with van der Waals surface area (Å²) in [5.74, 6) is 0.639. The number of hydrogen-bond donors (Lipinski definition) is 1. The van der Waals surface area contributed by atoms with Crippen LogP contribution in [0.15, 0.2) is 36.7 Å². The summed E-state index contributed by atoms with van der Waals surface area (Å²) in [5, 5.41) is 19.5. The van der Waals surface area contributed by atoms with E-state index in [1.54, 1.807) is 30.5 Å². The monoisotopic (exact) mass is 338 g/mol. The van der Waals surface area contributed by atoms with Crippen LogP contribution in [0.25, 0.3) is 0 Å². The molecule has 7 heteroatoms. The molecule has 25 heavy (non-hydrogen) atoms. The third kappa shape index (κ3) is 5.13. The minimum Gasteiger partial charge on any atom is -0.326 e. The van der Waals surface area contributed by atoms with Crippen LogP contribution >= 0.6 is 0 Å². The van der Waals surface area contributed by atoms with Crippen molar-refractivity contribution in [2.45, 2.75) is 25.8 Å². The molecule has 0 saturated carbocycles. The molecule has 0 unspecified atom stereocenters. The van der Waals surface area contributed by atoms with Crippen molar-refractivity contribution in [1.82, 2.24) is 19.9 Å². The lowest BCUT2D eigenvalue weighted by Gasteiger charge is -2.31. The molecule has 0 bridgehead atoms. The third-order valence-electron chi connectivity index (χ3n) is 4.58. The standard InChI is InChI=1S/C18H22N6O/c19-13-15-1-3-17(4-2-15)21-18(25)7-11-23-9-5-16(6-10-23)14-24-12-8-20-22-24/h1-4,8,12,16H,5-7,9-11,14H2,(H,21,25). The largest absolute Gasteiger partial charge is 0.326 e. The molecule has 130 valence electrons. The summed E-state index contributed by atoms with van der Waals surface area (Å²) in [6.07, 6.45) is 6.34. The van der Waals surface area contributed by atoms with Crippen molar-refractivity contribution in [3.63, 3.8) is 0 Å². The Morgan fingerprint density at radius 1 is 1.28 bits per heavy atom. The van der Waals surface area contributed by atoms with Gasteiger partial charge in [-0.05, 0) is 56.1 Å². The maximum atomic E-state index is 12.1. The second kappa shape index (κ2) is 8.40. The van der Waals surface area contributed by atoms with Gasteiger partial charge >= 0.3 is 0 Å². The fourth-order valence-electron chi connectivity index (χ4n) is 3.10. The third-order valence-corrected chi connectivity index (χ3v) is 4.58. The number of piperidine rings is 1. The van der Waals surface area contributed by atoms with Crippen molar-refractivity contribution >= 4 is 11.6 Å². The summed E-state index contributed by atoms with van der Waals surface area (Å²) in [6, 6.07) is 8.98. The number of benzene rings is 1. The highest BCUT2D eigenvalue weighted by atomic mass is 16.1. The van der Waals surface area contributed by atoms with Gasteiger partial charge in [0, 0.05) is 31.4 Å². The maximum Gasteiger partial charge on any atom is 0.225 e. The van der Waals surface area contributed by atoms with Gasteiger partial charge in [0.05, 0.1) is 17.8 Å². The minimum atomic E-state index is 0.00875. The molecular weight excluding hydrogens is 316 g/mol. The molecular formula is C18H22N6O. The van der Waals surface area contributed by atoms with Crippen molar-refractivity contribution in [3.05, 3.63) is 42.2 Å². The van der Waals surface area contributed by atoms with E-state index in [0.717, 1.165) is 44.7 Å². The quantitative estimate of drug-likeness (QED) is 0.869. The Balaban J connectivity index is 1.36. The number of amides is 1. The van der Waals surface area contributed by atoms with E-state index in [-0.39, 0.29) is 5.91 Å². The molecule has 1 aromatic carbocycles. The van der Waals surface area contributed by atoms with Gasteiger partial charge < -0.3 is 10.2 Å². The van der Waals surface area contributed by atoms with Gasteiger partial charge in [0.25, 0.3) is 0 Å². The second-order valence-electron chi connectivity index (χ2n) is 6.40. The van der Waals surface area contributed by atoms with E-state index < -0.39 is 0 Å². The number of carbonyl (C=O) groups is 1. The highest BCUT2D eigenvalue weighted by molar-refractivity contribution is 5.90. The van der Waals surface area contributed by atoms with E-state index in [0.29, 0.717) is 17.9 Å². The predicted molar refractivity (Wildman–Crippen MR) is 93.6 cm³/mol. The molecule has 2 aromatic rings. The molecule has 1 aromatic heterocycles. The van der Waals surface area contributed by atoms with Crippen molar-refractivity contribution in [3.8, 4) is 6.07 Å². The van der Waals surface area contributed by atoms with Crippen molar-refractivity contribution in [1.29, 1.82) is 5.26 Å². The van der Waals surface area contributed by atoms with Gasteiger partial charge in [-0.25, -0.2) is 0 Å². The Morgan fingerprint density at radius 3 is 2.68 bits per heavy atom. The van der Waals surface area contributed by atoms with E-state index in [2.05, 4.69) is 26.6 Å². The predicted octanol–water partition coefficient (Wildman–Crippen LogP) is 1.89. The zero-order valence-electron chi connectivity index (χ0n) is 14.1. The number of nitrogens with zero attached hydrogens (tertiary/aromatic N) is 5. The lowest BCUT2D eigenvalue weighted by molar-refractivity contribution is -0.116. The lowest BCUT2D eigenvalue weighted by Crippen LogP contribution is -2.36. The number of aromatic nitrogens is 3. The molecule has 1 aliphatic heterocycles. The first-order chi connectivity index (χ1) is 12.2. The van der Waals surface area contributed by atoms with Gasteiger partial charge in [-0.1, -0.05) is 5.21 Å². The molecule has 3 rings (SSSR count). The normalized spacial score (nSPS) is 15.6. The molecule has 1 fully saturated rings. The lowest BCUT2D eigenvalue weighted by atomic mass is 9.97. The highest BCUT2D eigenvalue weighted by Crippen LogP contribution is 2.19. The molecule has 1 amide bonds. The zero-order chi connectivity index (χ0) is 17.5. The fraction of sp³-hybridized carbons (Fsp3) is 0.444. The van der Waals surface area contributed by atoms with Gasteiger partial charge in [-0.3, -0.25) is 9.48 Å². The Morgan fingerprint density at radius 2 is 2.04 bits per heavy atom. The number of anilines is 1. The molecule has 0 spiro atoms. The van der Waals surface area contributed by atoms with Crippen LogP contribution in [0.4, 0.5) is 5.69 Å². The van der Waals surface area contributed by atoms with Crippen molar-refractivity contribution < 1.29 is 4.79 Å². The number of nitrogens with one attached hydrogen (secondary N) is 1. The van der Waals surface area contributed by atoms with E-state index >= 15 is 0 Å². The van der Waals surface area contributed by atoms with E-state index in [1.807, 2.05) is 10.9 Å². The van der Waals surface area contributed by atoms with Crippen LogP contribution < -0.4 is 5.32 Å². The van der Waals surface area contributed by atoms with Crippen LogP contribution in [0.2, 0.25) is 0 Å².